The van der Waals surface area contributed by atoms with Crippen LogP contribution in [0.25, 0.3) is 0 Å². The molecule has 1 atom stereocenters. The molecule has 1 aliphatic carbocycles. The molecule has 0 bridgehead atoms. The normalized spacial score (nSPS) is 20.4. The molecule has 0 spiro atoms. The Morgan fingerprint density at radius 1 is 1.38 bits per heavy atom. The Kier molecular flexibility index (Phi) is 8.24. The average molecular weight is 227 g/mol. The molecule has 0 aromatic carbocycles. The van der Waals surface area contributed by atoms with Crippen LogP contribution in [0.4, 0.5) is 0 Å². The Morgan fingerprint density at radius 3 is 2.38 bits per heavy atom. The second-order valence-electron chi connectivity index (χ2n) is 3.54. The minimum atomic E-state index is 0. The first kappa shape index (κ1) is 14.2. The Balaban J connectivity index is 0.00000144. The summed E-state index contributed by atoms with van der Waals surface area (Å²) in [6, 6.07) is 0. The van der Waals surface area contributed by atoms with Gasteiger partial charge in [0.05, 0.1) is 0 Å². The van der Waals surface area contributed by atoms with Crippen LogP contribution in [0.5, 0.6) is 0 Å². The van der Waals surface area contributed by atoms with Crippen molar-refractivity contribution in [1.29, 1.82) is 0 Å². The predicted molar refractivity (Wildman–Crippen MR) is 67.6 cm³/mol. The van der Waals surface area contributed by atoms with Crippen molar-refractivity contribution in [2.75, 3.05) is 0 Å². The summed E-state index contributed by atoms with van der Waals surface area (Å²) in [5.74, 6) is 0.852. The topological polar surface area (TPSA) is 26.0 Å². The van der Waals surface area contributed by atoms with Crippen LogP contribution in [-0.2, 0) is 0 Å². The van der Waals surface area contributed by atoms with Gasteiger partial charge in [0, 0.05) is 5.25 Å². The van der Waals surface area contributed by atoms with E-state index in [1.165, 1.54) is 32.1 Å². The molecule has 72 valence electrons. The molecule has 0 radical (unpaired) electrons. The Labute approximate surface area is 113 Å². The van der Waals surface area contributed by atoms with Gasteiger partial charge < -0.3 is 5.73 Å². The molecular formula is C9H18NNaS2. The number of rotatable bonds is 2. The van der Waals surface area contributed by atoms with Gasteiger partial charge >= 0.3 is 29.6 Å². The van der Waals surface area contributed by atoms with E-state index in [0.29, 0.717) is 9.57 Å². The van der Waals surface area contributed by atoms with Crippen LogP contribution in [0.3, 0.4) is 0 Å². The zero-order valence-electron chi connectivity index (χ0n) is 7.58. The molecule has 1 aliphatic rings. The van der Waals surface area contributed by atoms with Gasteiger partial charge in [0.15, 0.2) is 0 Å². The molecule has 0 aromatic heterocycles. The zero-order chi connectivity index (χ0) is 8.97. The molecule has 1 fully saturated rings. The molecule has 1 nitrogen and oxygen atoms in total. The van der Waals surface area contributed by atoms with Gasteiger partial charge in [0.25, 0.3) is 0 Å². The van der Waals surface area contributed by atoms with Crippen molar-refractivity contribution < 1.29 is 0 Å². The number of nitrogens with two attached hydrogens (primary N) is 1. The summed E-state index contributed by atoms with van der Waals surface area (Å²) in [7, 11) is 0. The van der Waals surface area contributed by atoms with E-state index in [4.69, 9.17) is 18.0 Å². The Hall–Kier alpha value is 1.24. The second-order valence-corrected chi connectivity index (χ2v) is 5.66. The first-order chi connectivity index (χ1) is 5.70. The minimum absolute atomic E-state index is 0. The van der Waals surface area contributed by atoms with E-state index in [1.807, 2.05) is 0 Å². The van der Waals surface area contributed by atoms with Crippen LogP contribution >= 0.6 is 24.0 Å². The summed E-state index contributed by atoms with van der Waals surface area (Å²) in [5.41, 5.74) is 5.49. The van der Waals surface area contributed by atoms with E-state index >= 15 is 0 Å². The van der Waals surface area contributed by atoms with Crippen molar-refractivity contribution in [3.8, 4) is 0 Å². The van der Waals surface area contributed by atoms with Crippen LogP contribution in [0.2, 0.25) is 0 Å². The van der Waals surface area contributed by atoms with Gasteiger partial charge in [-0.25, -0.2) is 0 Å². The third kappa shape index (κ3) is 5.63. The van der Waals surface area contributed by atoms with Crippen molar-refractivity contribution in [2.45, 2.75) is 44.3 Å². The van der Waals surface area contributed by atoms with Crippen LogP contribution in [0, 0.1) is 5.92 Å². The van der Waals surface area contributed by atoms with E-state index in [1.54, 1.807) is 11.8 Å². The number of thiocarbonyl (C=S) groups is 1. The summed E-state index contributed by atoms with van der Waals surface area (Å²) < 4.78 is 0.605. The summed E-state index contributed by atoms with van der Waals surface area (Å²) in [6.45, 7) is 2.25. The molecule has 0 aromatic rings. The summed E-state index contributed by atoms with van der Waals surface area (Å²) in [6.07, 6.45) is 6.95. The Bertz CT molecular complexity index is 158. The third-order valence-corrected chi connectivity index (χ3v) is 3.89. The number of hydrogen-bond donors (Lipinski definition) is 1. The van der Waals surface area contributed by atoms with E-state index in [2.05, 4.69) is 6.92 Å². The van der Waals surface area contributed by atoms with Crippen LogP contribution < -0.4 is 5.73 Å². The fourth-order valence-electron chi connectivity index (χ4n) is 1.88. The van der Waals surface area contributed by atoms with E-state index in [0.717, 1.165) is 5.92 Å². The molecule has 4 heteroatoms. The van der Waals surface area contributed by atoms with E-state index in [9.17, 15) is 0 Å². The molecule has 1 unspecified atom stereocenters. The first-order valence-corrected chi connectivity index (χ1v) is 5.95. The maximum atomic E-state index is 5.49. The molecule has 0 amide bonds. The summed E-state index contributed by atoms with van der Waals surface area (Å²) in [5, 5.41) is 0.628. The van der Waals surface area contributed by atoms with E-state index in [-0.39, 0.29) is 29.6 Å². The Morgan fingerprint density at radius 2 is 1.92 bits per heavy atom. The average Bonchev–Trinajstić information content (AvgIpc) is 2.05. The predicted octanol–water partition coefficient (Wildman–Crippen LogP) is 2.28. The van der Waals surface area contributed by atoms with Gasteiger partial charge in [-0.1, -0.05) is 50.2 Å². The molecule has 0 saturated heterocycles. The molecule has 2 N–H and O–H groups in total. The van der Waals surface area contributed by atoms with Gasteiger partial charge in [0.2, 0.25) is 0 Å². The maximum absolute atomic E-state index is 5.49. The summed E-state index contributed by atoms with van der Waals surface area (Å²) in [4.78, 5) is 0. The van der Waals surface area contributed by atoms with Gasteiger partial charge in [-0.2, -0.15) is 0 Å². The van der Waals surface area contributed by atoms with Gasteiger partial charge in [-0.05, 0) is 18.8 Å². The summed E-state index contributed by atoms with van der Waals surface area (Å²) >= 11 is 6.55. The monoisotopic (exact) mass is 227 g/mol. The third-order valence-electron chi connectivity index (χ3n) is 2.62. The van der Waals surface area contributed by atoms with Crippen LogP contribution in [0.1, 0.15) is 39.0 Å². The zero-order valence-corrected chi connectivity index (χ0v) is 9.22. The van der Waals surface area contributed by atoms with E-state index < -0.39 is 0 Å². The van der Waals surface area contributed by atoms with Gasteiger partial charge in [-0.15, -0.1) is 0 Å². The van der Waals surface area contributed by atoms with Crippen molar-refractivity contribution >= 4 is 57.9 Å². The molecule has 0 aliphatic heterocycles. The standard InChI is InChI=1S/C9H17NS2.Na.H/c1-7(12-9(10)11)8-5-3-2-4-6-8;;/h7-8H,2-6H2,1H3,(H2,10,11);;. The fraction of sp³-hybridized carbons (Fsp3) is 0.889. The van der Waals surface area contributed by atoms with Crippen molar-refractivity contribution in [2.24, 2.45) is 11.7 Å². The quantitative estimate of drug-likeness (QED) is 0.579. The van der Waals surface area contributed by atoms with Crippen molar-refractivity contribution in [3.05, 3.63) is 0 Å². The first-order valence-electron chi connectivity index (χ1n) is 4.66. The molecule has 0 heterocycles. The second kappa shape index (κ2) is 7.52. The van der Waals surface area contributed by atoms with Gasteiger partial charge in [0.1, 0.15) is 4.32 Å². The molecule has 13 heavy (non-hydrogen) atoms. The number of thioether (sulfide) groups is 1. The van der Waals surface area contributed by atoms with Crippen molar-refractivity contribution in [3.63, 3.8) is 0 Å². The van der Waals surface area contributed by atoms with Crippen molar-refractivity contribution in [1.82, 2.24) is 0 Å². The molecular weight excluding hydrogens is 209 g/mol. The number of hydrogen-bond acceptors (Lipinski definition) is 2. The SMILES string of the molecule is CC(SC(N)=S)C1CCCCC1.[NaH]. The molecule has 1 saturated carbocycles. The fourth-order valence-corrected chi connectivity index (χ4v) is 3.17. The van der Waals surface area contributed by atoms with Gasteiger partial charge in [-0.3, -0.25) is 0 Å². The molecule has 1 rings (SSSR count). The van der Waals surface area contributed by atoms with Crippen LogP contribution in [-0.4, -0.2) is 39.1 Å². The van der Waals surface area contributed by atoms with Crippen LogP contribution in [0.15, 0.2) is 0 Å².